The summed E-state index contributed by atoms with van der Waals surface area (Å²) < 4.78 is 1.02. The second-order valence-corrected chi connectivity index (χ2v) is 8.38. The highest BCUT2D eigenvalue weighted by Crippen LogP contribution is 2.32. The molecule has 0 atom stereocenters. The Bertz CT molecular complexity index is 1280. The number of aryl methyl sites for hydroxylation is 2. The van der Waals surface area contributed by atoms with Gasteiger partial charge in [-0.15, -0.1) is 0 Å². The lowest BCUT2D eigenvalue weighted by Crippen LogP contribution is -2.28. The number of nitrogens with zero attached hydrogens (tertiary/aromatic N) is 4. The fourth-order valence-electron chi connectivity index (χ4n) is 3.16. The van der Waals surface area contributed by atoms with Crippen LogP contribution < -0.4 is 4.90 Å². The monoisotopic (exact) mass is 444 g/mol. The molecule has 0 aliphatic carbocycles. The van der Waals surface area contributed by atoms with Gasteiger partial charge in [-0.1, -0.05) is 17.4 Å². The maximum absolute atomic E-state index is 13.2. The van der Waals surface area contributed by atoms with Gasteiger partial charge in [-0.3, -0.25) is 24.8 Å². The first-order valence-electron chi connectivity index (χ1n) is 9.91. The lowest BCUT2D eigenvalue weighted by atomic mass is 10.1. The number of nitro benzene ring substituents is 1. The van der Waals surface area contributed by atoms with E-state index in [4.69, 9.17) is 4.98 Å². The zero-order valence-corrected chi connectivity index (χ0v) is 18.4. The Morgan fingerprint density at radius 2 is 1.91 bits per heavy atom. The zero-order valence-electron chi connectivity index (χ0n) is 17.6. The number of nitro groups is 1. The molecule has 2 heterocycles. The van der Waals surface area contributed by atoms with Crippen molar-refractivity contribution in [2.75, 3.05) is 4.90 Å². The fourth-order valence-corrected chi connectivity index (χ4v) is 4.21. The van der Waals surface area contributed by atoms with E-state index in [0.717, 1.165) is 21.3 Å². The summed E-state index contributed by atoms with van der Waals surface area (Å²) in [4.78, 5) is 34.0. The largest absolute Gasteiger partial charge is 0.280 e. The predicted octanol–water partition coefficient (Wildman–Crippen LogP) is 5.46. The van der Waals surface area contributed by atoms with Gasteiger partial charge < -0.3 is 0 Å². The number of benzene rings is 2. The second kappa shape index (κ2) is 9.07. The molecule has 0 aliphatic rings. The minimum absolute atomic E-state index is 0.00624. The van der Waals surface area contributed by atoms with E-state index < -0.39 is 4.92 Å². The molecule has 160 valence electrons. The maximum Gasteiger partial charge on any atom is 0.269 e. The van der Waals surface area contributed by atoms with E-state index in [1.165, 1.54) is 35.1 Å². The second-order valence-electron chi connectivity index (χ2n) is 7.37. The van der Waals surface area contributed by atoms with Crippen LogP contribution >= 0.6 is 11.3 Å². The van der Waals surface area contributed by atoms with Crippen LogP contribution in [0.2, 0.25) is 0 Å². The first-order valence-corrected chi connectivity index (χ1v) is 10.7. The third kappa shape index (κ3) is 4.70. The van der Waals surface area contributed by atoms with Crippen molar-refractivity contribution in [3.05, 3.63) is 99.4 Å². The van der Waals surface area contributed by atoms with Gasteiger partial charge in [0.15, 0.2) is 5.13 Å². The molecule has 0 fully saturated rings. The number of rotatable bonds is 6. The number of fused-ring (bicyclic) bond motifs is 1. The van der Waals surface area contributed by atoms with E-state index in [9.17, 15) is 14.9 Å². The Morgan fingerprint density at radius 1 is 1.16 bits per heavy atom. The van der Waals surface area contributed by atoms with Crippen molar-refractivity contribution in [2.24, 2.45) is 0 Å². The van der Waals surface area contributed by atoms with E-state index in [2.05, 4.69) is 18.0 Å². The molecule has 0 N–H and O–H groups in total. The van der Waals surface area contributed by atoms with Crippen LogP contribution in [0.15, 0.2) is 67.0 Å². The zero-order chi connectivity index (χ0) is 22.7. The highest BCUT2D eigenvalue weighted by Gasteiger charge is 2.19. The molecule has 2 aromatic heterocycles. The lowest BCUT2D eigenvalue weighted by molar-refractivity contribution is -0.384. The quantitative estimate of drug-likeness (QED) is 0.224. The molecular formula is C24H20N4O3S. The fraction of sp³-hybridized carbons (Fsp3) is 0.125. The van der Waals surface area contributed by atoms with Crippen molar-refractivity contribution in [3.8, 4) is 0 Å². The van der Waals surface area contributed by atoms with E-state index in [1.807, 2.05) is 25.1 Å². The molecule has 2 aromatic carbocycles. The normalized spacial score (nSPS) is 11.2. The smallest absolute Gasteiger partial charge is 0.269 e. The Kier molecular flexibility index (Phi) is 6.04. The Morgan fingerprint density at radius 3 is 2.59 bits per heavy atom. The highest BCUT2D eigenvalue weighted by molar-refractivity contribution is 7.22. The predicted molar refractivity (Wildman–Crippen MR) is 127 cm³/mol. The first kappa shape index (κ1) is 21.3. The molecule has 0 radical (unpaired) electrons. The van der Waals surface area contributed by atoms with E-state index in [-0.39, 0.29) is 11.6 Å². The molecule has 1 amide bonds. The standard InChI is InChI=1S/C24H20N4O3S/c1-16-12-21-22(13-17(16)2)32-24(26-21)27(15-19-4-3-11-25-14-19)23(29)10-7-18-5-8-20(9-6-18)28(30)31/h3-14H,15H2,1-2H3. The number of non-ortho nitro benzene ring substituents is 1. The van der Waals surface area contributed by atoms with Crippen molar-refractivity contribution in [3.63, 3.8) is 0 Å². The van der Waals surface area contributed by atoms with Crippen molar-refractivity contribution < 1.29 is 9.72 Å². The summed E-state index contributed by atoms with van der Waals surface area (Å²) in [5.74, 6) is -0.236. The molecule has 8 heteroatoms. The van der Waals surface area contributed by atoms with Crippen molar-refractivity contribution in [1.82, 2.24) is 9.97 Å². The molecule has 4 rings (SSSR count). The Labute approximate surface area is 188 Å². The number of amides is 1. The number of carbonyl (C=O) groups is 1. The third-order valence-corrected chi connectivity index (χ3v) is 6.12. The lowest BCUT2D eigenvalue weighted by Gasteiger charge is -2.18. The van der Waals surface area contributed by atoms with Gasteiger partial charge in [-0.25, -0.2) is 4.98 Å². The molecule has 0 spiro atoms. The summed E-state index contributed by atoms with van der Waals surface area (Å²) >= 11 is 1.47. The Hall–Kier alpha value is -3.91. The average molecular weight is 445 g/mol. The van der Waals surface area contributed by atoms with Crippen molar-refractivity contribution in [2.45, 2.75) is 20.4 Å². The summed E-state index contributed by atoms with van der Waals surface area (Å²) in [6.07, 6.45) is 6.51. The number of hydrogen-bond acceptors (Lipinski definition) is 6. The van der Waals surface area contributed by atoms with Gasteiger partial charge in [-0.2, -0.15) is 0 Å². The first-order chi connectivity index (χ1) is 15.4. The molecule has 7 nitrogen and oxygen atoms in total. The SMILES string of the molecule is Cc1cc2nc(N(Cc3cccnc3)C(=O)C=Cc3ccc([N+](=O)[O-])cc3)sc2cc1C. The number of anilines is 1. The summed E-state index contributed by atoms with van der Waals surface area (Å²) in [6, 6.07) is 13.9. The number of thiazole rings is 1. The number of pyridine rings is 1. The number of hydrogen-bond donors (Lipinski definition) is 0. The minimum atomic E-state index is -0.454. The molecule has 0 unspecified atom stereocenters. The van der Waals surface area contributed by atoms with Gasteiger partial charge in [-0.05, 0) is 72.5 Å². The van der Waals surface area contributed by atoms with Crippen LogP contribution in [0.5, 0.6) is 0 Å². The van der Waals surface area contributed by atoms with Crippen molar-refractivity contribution in [1.29, 1.82) is 0 Å². The molecule has 0 bridgehead atoms. The molecule has 0 saturated carbocycles. The highest BCUT2D eigenvalue weighted by atomic mass is 32.1. The van der Waals surface area contributed by atoms with Crippen LogP contribution in [0.3, 0.4) is 0 Å². The van der Waals surface area contributed by atoms with Gasteiger partial charge in [0.1, 0.15) is 0 Å². The van der Waals surface area contributed by atoms with E-state index >= 15 is 0 Å². The van der Waals surface area contributed by atoms with Gasteiger partial charge in [0.2, 0.25) is 0 Å². The topological polar surface area (TPSA) is 89.2 Å². The summed E-state index contributed by atoms with van der Waals surface area (Å²) in [6.45, 7) is 4.42. The van der Waals surface area contributed by atoms with Crippen LogP contribution in [0.4, 0.5) is 10.8 Å². The van der Waals surface area contributed by atoms with Gasteiger partial charge in [0.05, 0.1) is 21.7 Å². The summed E-state index contributed by atoms with van der Waals surface area (Å²) in [5, 5.41) is 11.4. The maximum atomic E-state index is 13.2. The molecule has 0 aliphatic heterocycles. The molecule has 32 heavy (non-hydrogen) atoms. The van der Waals surface area contributed by atoms with Crippen LogP contribution in [0.25, 0.3) is 16.3 Å². The summed E-state index contributed by atoms with van der Waals surface area (Å²) in [5.41, 5.74) is 4.77. The van der Waals surface area contributed by atoms with Crippen LogP contribution in [-0.2, 0) is 11.3 Å². The minimum Gasteiger partial charge on any atom is -0.280 e. The summed E-state index contributed by atoms with van der Waals surface area (Å²) in [7, 11) is 0. The van der Waals surface area contributed by atoms with Crippen LogP contribution in [0.1, 0.15) is 22.3 Å². The van der Waals surface area contributed by atoms with Gasteiger partial charge in [0.25, 0.3) is 11.6 Å². The van der Waals surface area contributed by atoms with Gasteiger partial charge >= 0.3 is 0 Å². The number of carbonyl (C=O) groups excluding carboxylic acids is 1. The van der Waals surface area contributed by atoms with Crippen molar-refractivity contribution >= 4 is 44.4 Å². The van der Waals surface area contributed by atoms with Gasteiger partial charge in [0, 0.05) is 30.6 Å². The number of aromatic nitrogens is 2. The Balaban J connectivity index is 1.65. The molecule has 4 aromatic rings. The molecule has 0 saturated heterocycles. The average Bonchev–Trinajstić information content (AvgIpc) is 3.19. The van der Waals surface area contributed by atoms with E-state index in [0.29, 0.717) is 17.2 Å². The third-order valence-electron chi connectivity index (χ3n) is 5.08. The van der Waals surface area contributed by atoms with Crippen LogP contribution in [0, 0.1) is 24.0 Å². The van der Waals surface area contributed by atoms with Crippen LogP contribution in [-0.4, -0.2) is 20.8 Å². The molecular weight excluding hydrogens is 424 g/mol. The van der Waals surface area contributed by atoms with E-state index in [1.54, 1.807) is 35.5 Å².